The van der Waals surface area contributed by atoms with Crippen LogP contribution >= 0.6 is 0 Å². The molecule has 2 atom stereocenters. The van der Waals surface area contributed by atoms with Crippen LogP contribution in [0.25, 0.3) is 0 Å². The van der Waals surface area contributed by atoms with E-state index in [-0.39, 0.29) is 5.97 Å². The van der Waals surface area contributed by atoms with Crippen molar-refractivity contribution in [2.45, 2.75) is 187 Å². The SMILES string of the molecule is C=C(C)C(=O)OCCCCCCCCCCCCCCCC(C)C.COC(C)(C)CC(C)(C#N)N=NC(C)(C#N)CC(C)(C)OC. The predicted octanol–water partition coefficient (Wildman–Crippen LogP) is 10.9. The molecule has 0 aliphatic rings. The van der Waals surface area contributed by atoms with Gasteiger partial charge in [-0.05, 0) is 60.8 Å². The van der Waals surface area contributed by atoms with Crippen LogP contribution in [0.15, 0.2) is 22.4 Å². The van der Waals surface area contributed by atoms with Gasteiger partial charge < -0.3 is 14.2 Å². The summed E-state index contributed by atoms with van der Waals surface area (Å²) in [6, 6.07) is 4.32. The van der Waals surface area contributed by atoms with Crippen molar-refractivity contribution in [3.05, 3.63) is 12.2 Å². The zero-order chi connectivity index (χ0) is 35.7. The van der Waals surface area contributed by atoms with Gasteiger partial charge in [-0.15, -0.1) is 0 Å². The van der Waals surface area contributed by atoms with Crippen LogP contribution < -0.4 is 0 Å². The zero-order valence-corrected chi connectivity index (χ0v) is 31.7. The molecule has 0 aromatic carbocycles. The summed E-state index contributed by atoms with van der Waals surface area (Å²) in [7, 11) is 3.19. The highest BCUT2D eigenvalue weighted by molar-refractivity contribution is 5.86. The molecule has 0 spiro atoms. The number of hydrogen-bond acceptors (Lipinski definition) is 8. The molecule has 8 nitrogen and oxygen atoms in total. The number of carbonyl (C=O) groups excluding carboxylic acids is 1. The first kappa shape index (κ1) is 45.8. The third kappa shape index (κ3) is 25.9. The van der Waals surface area contributed by atoms with Crippen molar-refractivity contribution in [3.8, 4) is 12.1 Å². The third-order valence-electron chi connectivity index (χ3n) is 8.13. The minimum absolute atomic E-state index is 0.255. The quantitative estimate of drug-likeness (QED) is 0.0421. The average molecular weight is 647 g/mol. The van der Waals surface area contributed by atoms with E-state index in [1.165, 1.54) is 83.5 Å². The molecule has 0 aromatic heterocycles. The molecular weight excluding hydrogens is 576 g/mol. The van der Waals surface area contributed by atoms with Crippen molar-refractivity contribution in [1.29, 1.82) is 10.5 Å². The average Bonchev–Trinajstić information content (AvgIpc) is 2.99. The molecule has 0 aromatic rings. The Morgan fingerprint density at radius 3 is 1.28 bits per heavy atom. The number of nitrogens with zero attached hydrogens (tertiary/aromatic N) is 4. The Morgan fingerprint density at radius 1 is 0.674 bits per heavy atom. The second-order valence-electron chi connectivity index (χ2n) is 14.9. The monoisotopic (exact) mass is 647 g/mol. The Hall–Kier alpha value is -2.29. The fourth-order valence-electron chi connectivity index (χ4n) is 5.10. The molecule has 0 bridgehead atoms. The zero-order valence-electron chi connectivity index (χ0n) is 31.7. The molecule has 0 radical (unpaired) electrons. The number of rotatable bonds is 25. The minimum Gasteiger partial charge on any atom is -0.462 e. The van der Waals surface area contributed by atoms with Crippen molar-refractivity contribution in [1.82, 2.24) is 0 Å². The first-order valence-corrected chi connectivity index (χ1v) is 17.6. The van der Waals surface area contributed by atoms with E-state index >= 15 is 0 Å². The molecule has 2 unspecified atom stereocenters. The minimum atomic E-state index is -1.05. The molecule has 0 N–H and O–H groups in total. The molecule has 0 heterocycles. The number of nitriles is 2. The lowest BCUT2D eigenvalue weighted by Crippen LogP contribution is -2.37. The third-order valence-corrected chi connectivity index (χ3v) is 8.13. The van der Waals surface area contributed by atoms with Crippen LogP contribution in [-0.2, 0) is 19.0 Å². The van der Waals surface area contributed by atoms with Crippen molar-refractivity contribution >= 4 is 5.97 Å². The van der Waals surface area contributed by atoms with Crippen molar-refractivity contribution in [2.24, 2.45) is 16.1 Å². The Balaban J connectivity index is 0. The van der Waals surface area contributed by atoms with Crippen LogP contribution in [0.2, 0.25) is 0 Å². The lowest BCUT2D eigenvalue weighted by atomic mass is 9.88. The number of hydrogen-bond donors (Lipinski definition) is 0. The summed E-state index contributed by atoms with van der Waals surface area (Å²) < 4.78 is 15.8. The normalized spacial score (nSPS) is 14.5. The van der Waals surface area contributed by atoms with Gasteiger partial charge in [0.25, 0.3) is 0 Å². The van der Waals surface area contributed by atoms with E-state index in [1.807, 2.05) is 27.7 Å². The maximum atomic E-state index is 11.2. The molecule has 8 heteroatoms. The van der Waals surface area contributed by atoms with Gasteiger partial charge in [-0.3, -0.25) is 0 Å². The summed E-state index contributed by atoms with van der Waals surface area (Å²) in [5.41, 5.74) is -2.61. The van der Waals surface area contributed by atoms with E-state index in [9.17, 15) is 15.3 Å². The number of ether oxygens (including phenoxy) is 3. The first-order valence-electron chi connectivity index (χ1n) is 17.6. The standard InChI is InChI=1S/C22H42O2.C16H28N4O2/c1-20(2)18-16-14-12-10-8-6-5-7-9-11-13-15-17-19-24-22(23)21(3)4;1-13(2,21-7)9-15(5,11-17)19-20-16(6,12-18)10-14(3,4)22-8/h20H,3,5-19H2,1-2,4H3;9-10H2,1-8H3. The van der Waals surface area contributed by atoms with Crippen LogP contribution in [0.5, 0.6) is 0 Å². The number of carbonyl (C=O) groups is 1. The maximum Gasteiger partial charge on any atom is 0.333 e. The van der Waals surface area contributed by atoms with Gasteiger partial charge >= 0.3 is 5.97 Å². The Kier molecular flexibility index (Phi) is 24.7. The Bertz CT molecular complexity index is 903. The summed E-state index contributed by atoms with van der Waals surface area (Å²) in [5, 5.41) is 27.2. The molecule has 0 fully saturated rings. The highest BCUT2D eigenvalue weighted by Crippen LogP contribution is 2.30. The number of unbranched alkanes of at least 4 members (excludes halogenated alkanes) is 12. The van der Waals surface area contributed by atoms with Gasteiger partial charge in [-0.1, -0.05) is 104 Å². The maximum absolute atomic E-state index is 11.2. The first-order chi connectivity index (χ1) is 21.4. The molecule has 0 saturated carbocycles. The summed E-state index contributed by atoms with van der Waals surface area (Å²) in [6.07, 6.45) is 19.6. The second kappa shape index (κ2) is 24.8. The molecular formula is C38H70N4O4. The lowest BCUT2D eigenvalue weighted by molar-refractivity contribution is -0.139. The van der Waals surface area contributed by atoms with E-state index in [1.54, 1.807) is 35.0 Å². The summed E-state index contributed by atoms with van der Waals surface area (Å²) in [5.74, 6) is 0.617. The van der Waals surface area contributed by atoms with Crippen LogP contribution in [0.4, 0.5) is 0 Å². The van der Waals surface area contributed by atoms with E-state index in [4.69, 9.17) is 14.2 Å². The van der Waals surface area contributed by atoms with Gasteiger partial charge in [-0.2, -0.15) is 20.8 Å². The number of esters is 1. The van der Waals surface area contributed by atoms with Gasteiger partial charge in [0.1, 0.15) is 0 Å². The van der Waals surface area contributed by atoms with Gasteiger partial charge in [0.05, 0.1) is 29.9 Å². The van der Waals surface area contributed by atoms with Gasteiger partial charge in [-0.25, -0.2) is 4.79 Å². The fourth-order valence-corrected chi connectivity index (χ4v) is 5.10. The van der Waals surface area contributed by atoms with E-state index in [2.05, 4.69) is 42.8 Å². The van der Waals surface area contributed by atoms with Gasteiger partial charge in [0, 0.05) is 32.6 Å². The van der Waals surface area contributed by atoms with E-state index in [0.717, 1.165) is 12.3 Å². The Labute approximate surface area is 283 Å². The van der Waals surface area contributed by atoms with Crippen LogP contribution in [0.1, 0.15) is 165 Å². The van der Waals surface area contributed by atoms with Crippen molar-refractivity contribution in [2.75, 3.05) is 20.8 Å². The Morgan fingerprint density at radius 2 is 1.00 bits per heavy atom. The smallest absolute Gasteiger partial charge is 0.333 e. The van der Waals surface area contributed by atoms with Crippen molar-refractivity contribution in [3.63, 3.8) is 0 Å². The van der Waals surface area contributed by atoms with Gasteiger partial charge in [0.15, 0.2) is 11.1 Å². The van der Waals surface area contributed by atoms with Crippen LogP contribution in [-0.4, -0.2) is 49.1 Å². The predicted molar refractivity (Wildman–Crippen MR) is 190 cm³/mol. The van der Waals surface area contributed by atoms with Crippen LogP contribution in [0.3, 0.4) is 0 Å². The lowest BCUT2D eigenvalue weighted by Gasteiger charge is -2.31. The molecule has 0 aliphatic carbocycles. The number of azo groups is 1. The highest BCUT2D eigenvalue weighted by Gasteiger charge is 2.37. The molecule has 0 rings (SSSR count). The summed E-state index contributed by atoms with van der Waals surface area (Å²) in [4.78, 5) is 11.2. The molecule has 0 aliphatic heterocycles. The van der Waals surface area contributed by atoms with E-state index < -0.39 is 22.3 Å². The highest BCUT2D eigenvalue weighted by atomic mass is 16.5. The van der Waals surface area contributed by atoms with Crippen LogP contribution in [0, 0.1) is 28.6 Å². The fraction of sp³-hybridized carbons (Fsp3) is 0.868. The topological polar surface area (TPSA) is 117 Å². The largest absolute Gasteiger partial charge is 0.462 e. The molecule has 0 saturated heterocycles. The molecule has 266 valence electrons. The molecule has 0 amide bonds. The summed E-state index contributed by atoms with van der Waals surface area (Å²) >= 11 is 0. The second-order valence-corrected chi connectivity index (χ2v) is 14.9. The number of methoxy groups -OCH3 is 2. The van der Waals surface area contributed by atoms with Crippen molar-refractivity contribution < 1.29 is 19.0 Å². The van der Waals surface area contributed by atoms with Gasteiger partial charge in [0.2, 0.25) is 0 Å². The summed E-state index contributed by atoms with van der Waals surface area (Å²) in [6.45, 7) is 21.4. The molecule has 46 heavy (non-hydrogen) atoms. The van der Waals surface area contributed by atoms with E-state index in [0.29, 0.717) is 25.0 Å².